The molecule has 0 radical (unpaired) electrons. The van der Waals surface area contributed by atoms with E-state index in [9.17, 15) is 0 Å². The van der Waals surface area contributed by atoms with Crippen molar-refractivity contribution >= 4 is 30.5 Å². The van der Waals surface area contributed by atoms with Gasteiger partial charge < -0.3 is 10.2 Å². The highest BCUT2D eigenvalue weighted by Gasteiger charge is 2.08. The van der Waals surface area contributed by atoms with Gasteiger partial charge in [0.25, 0.3) is 0 Å². The molecular formula is C10H16Cl2N2. The predicted octanol–water partition coefficient (Wildman–Crippen LogP) is 1.94. The molecule has 0 saturated carbocycles. The topological polar surface area (TPSA) is 15.3 Å². The van der Waals surface area contributed by atoms with Crippen LogP contribution >= 0.6 is 24.8 Å². The van der Waals surface area contributed by atoms with Crippen molar-refractivity contribution in [3.05, 3.63) is 30.3 Å². The van der Waals surface area contributed by atoms with Crippen molar-refractivity contribution in [2.45, 2.75) is 0 Å². The molecule has 1 aromatic carbocycles. The number of anilines is 1. The van der Waals surface area contributed by atoms with Gasteiger partial charge in [-0.05, 0) is 12.1 Å². The summed E-state index contributed by atoms with van der Waals surface area (Å²) in [5.41, 5.74) is 1.35. The zero-order valence-corrected chi connectivity index (χ0v) is 9.61. The monoisotopic (exact) mass is 234 g/mol. The van der Waals surface area contributed by atoms with Crippen LogP contribution in [0.1, 0.15) is 0 Å². The van der Waals surface area contributed by atoms with Crippen molar-refractivity contribution in [2.75, 3.05) is 31.1 Å². The third kappa shape index (κ3) is 3.37. The highest BCUT2D eigenvalue weighted by molar-refractivity contribution is 5.85. The van der Waals surface area contributed by atoms with Crippen LogP contribution in [0.2, 0.25) is 0 Å². The molecule has 0 aromatic heterocycles. The fourth-order valence-electron chi connectivity index (χ4n) is 1.56. The number of piperazine rings is 1. The summed E-state index contributed by atoms with van der Waals surface area (Å²) in [4.78, 5) is 2.41. The van der Waals surface area contributed by atoms with Crippen molar-refractivity contribution < 1.29 is 0 Å². The molecular weight excluding hydrogens is 219 g/mol. The lowest BCUT2D eigenvalue weighted by atomic mass is 10.2. The molecule has 1 aromatic rings. The largest absolute Gasteiger partial charge is 0.369 e. The molecule has 0 bridgehead atoms. The molecule has 1 heterocycles. The Hall–Kier alpha value is -0.440. The standard InChI is InChI=1S/C10H14N2.2ClH/c1-2-4-10(5-3-1)12-8-6-11-7-9-12;;/h1-5,11H,6-9H2;2*1H. The maximum atomic E-state index is 3.34. The van der Waals surface area contributed by atoms with Crippen molar-refractivity contribution in [3.63, 3.8) is 0 Å². The first-order valence-electron chi connectivity index (χ1n) is 4.47. The lowest BCUT2D eigenvalue weighted by Gasteiger charge is -2.29. The summed E-state index contributed by atoms with van der Waals surface area (Å²) in [7, 11) is 0. The number of rotatable bonds is 1. The number of hydrogen-bond donors (Lipinski definition) is 1. The summed E-state index contributed by atoms with van der Waals surface area (Å²) in [6, 6.07) is 10.6. The molecule has 1 aliphatic rings. The van der Waals surface area contributed by atoms with Gasteiger partial charge in [-0.15, -0.1) is 24.8 Å². The Morgan fingerprint density at radius 2 is 1.50 bits per heavy atom. The van der Waals surface area contributed by atoms with Gasteiger partial charge in [-0.25, -0.2) is 0 Å². The van der Waals surface area contributed by atoms with Crippen LogP contribution in [0.3, 0.4) is 0 Å². The van der Waals surface area contributed by atoms with Crippen LogP contribution in [0.15, 0.2) is 30.3 Å². The minimum absolute atomic E-state index is 0. The normalized spacial score (nSPS) is 15.3. The highest BCUT2D eigenvalue weighted by atomic mass is 35.5. The number of nitrogens with zero attached hydrogens (tertiary/aromatic N) is 1. The van der Waals surface area contributed by atoms with Crippen LogP contribution in [-0.2, 0) is 0 Å². The zero-order valence-electron chi connectivity index (χ0n) is 7.98. The second-order valence-electron chi connectivity index (χ2n) is 3.07. The quantitative estimate of drug-likeness (QED) is 0.800. The molecule has 1 saturated heterocycles. The smallest absolute Gasteiger partial charge is 0.0367 e. The molecule has 0 aliphatic carbocycles. The number of hydrogen-bond acceptors (Lipinski definition) is 2. The second kappa shape index (κ2) is 6.93. The van der Waals surface area contributed by atoms with Gasteiger partial charge in [-0.2, -0.15) is 0 Å². The second-order valence-corrected chi connectivity index (χ2v) is 3.07. The zero-order chi connectivity index (χ0) is 8.23. The van der Waals surface area contributed by atoms with E-state index in [1.807, 2.05) is 0 Å². The van der Waals surface area contributed by atoms with E-state index in [1.165, 1.54) is 5.69 Å². The predicted molar refractivity (Wildman–Crippen MR) is 66.0 cm³/mol. The lowest BCUT2D eigenvalue weighted by molar-refractivity contribution is 0.589. The molecule has 0 amide bonds. The maximum absolute atomic E-state index is 3.34. The first-order chi connectivity index (χ1) is 5.97. The average Bonchev–Trinajstić information content (AvgIpc) is 2.21. The van der Waals surface area contributed by atoms with E-state index in [2.05, 4.69) is 40.5 Å². The van der Waals surface area contributed by atoms with Gasteiger partial charge >= 0.3 is 0 Å². The van der Waals surface area contributed by atoms with Crippen LogP contribution in [-0.4, -0.2) is 26.2 Å². The van der Waals surface area contributed by atoms with Gasteiger partial charge in [0, 0.05) is 31.9 Å². The minimum atomic E-state index is 0. The number of halogens is 2. The third-order valence-corrected chi connectivity index (χ3v) is 2.24. The summed E-state index contributed by atoms with van der Waals surface area (Å²) < 4.78 is 0. The first-order valence-corrected chi connectivity index (χ1v) is 4.47. The van der Waals surface area contributed by atoms with Crippen molar-refractivity contribution in [1.29, 1.82) is 0 Å². The van der Waals surface area contributed by atoms with E-state index in [0.717, 1.165) is 26.2 Å². The van der Waals surface area contributed by atoms with Gasteiger partial charge in [0.05, 0.1) is 0 Å². The summed E-state index contributed by atoms with van der Waals surface area (Å²) in [6.45, 7) is 4.47. The fourth-order valence-corrected chi connectivity index (χ4v) is 1.56. The molecule has 14 heavy (non-hydrogen) atoms. The summed E-state index contributed by atoms with van der Waals surface area (Å²) in [5, 5.41) is 3.34. The van der Waals surface area contributed by atoms with E-state index in [4.69, 9.17) is 0 Å². The van der Waals surface area contributed by atoms with E-state index in [1.54, 1.807) is 0 Å². The lowest BCUT2D eigenvalue weighted by Crippen LogP contribution is -2.43. The SMILES string of the molecule is Cl.Cl.c1ccc(N2CCNCC2)cc1. The van der Waals surface area contributed by atoms with Gasteiger partial charge in [0.15, 0.2) is 0 Å². The number of nitrogens with one attached hydrogen (secondary N) is 1. The molecule has 4 heteroatoms. The summed E-state index contributed by atoms with van der Waals surface area (Å²) in [6.07, 6.45) is 0. The summed E-state index contributed by atoms with van der Waals surface area (Å²) >= 11 is 0. The minimum Gasteiger partial charge on any atom is -0.369 e. The van der Waals surface area contributed by atoms with Crippen molar-refractivity contribution in [1.82, 2.24) is 5.32 Å². The Morgan fingerprint density at radius 3 is 2.07 bits per heavy atom. The van der Waals surface area contributed by atoms with Crippen molar-refractivity contribution in [2.24, 2.45) is 0 Å². The molecule has 2 nitrogen and oxygen atoms in total. The van der Waals surface area contributed by atoms with Gasteiger partial charge in [-0.3, -0.25) is 0 Å². The van der Waals surface area contributed by atoms with Gasteiger partial charge in [0.2, 0.25) is 0 Å². The molecule has 0 unspecified atom stereocenters. The van der Waals surface area contributed by atoms with E-state index in [-0.39, 0.29) is 24.8 Å². The molecule has 0 spiro atoms. The van der Waals surface area contributed by atoms with Crippen LogP contribution in [0.5, 0.6) is 0 Å². The number of para-hydroxylation sites is 1. The molecule has 80 valence electrons. The van der Waals surface area contributed by atoms with Gasteiger partial charge in [0.1, 0.15) is 0 Å². The van der Waals surface area contributed by atoms with Crippen molar-refractivity contribution in [3.8, 4) is 0 Å². The van der Waals surface area contributed by atoms with E-state index >= 15 is 0 Å². The molecule has 0 atom stereocenters. The van der Waals surface area contributed by atoms with E-state index in [0.29, 0.717) is 0 Å². The molecule has 1 fully saturated rings. The molecule has 1 N–H and O–H groups in total. The van der Waals surface area contributed by atoms with Crippen LogP contribution < -0.4 is 10.2 Å². The Morgan fingerprint density at radius 1 is 0.929 bits per heavy atom. The van der Waals surface area contributed by atoms with Crippen LogP contribution in [0.4, 0.5) is 5.69 Å². The average molecular weight is 235 g/mol. The number of benzene rings is 1. The Bertz CT molecular complexity index is 235. The third-order valence-electron chi connectivity index (χ3n) is 2.24. The molecule has 2 rings (SSSR count). The first kappa shape index (κ1) is 13.6. The fraction of sp³-hybridized carbons (Fsp3) is 0.400. The molecule has 1 aliphatic heterocycles. The van der Waals surface area contributed by atoms with E-state index < -0.39 is 0 Å². The summed E-state index contributed by atoms with van der Waals surface area (Å²) in [5.74, 6) is 0. The van der Waals surface area contributed by atoms with Crippen LogP contribution in [0, 0.1) is 0 Å². The maximum Gasteiger partial charge on any atom is 0.0367 e. The Balaban J connectivity index is 0.000000845. The highest BCUT2D eigenvalue weighted by Crippen LogP contribution is 2.12. The Kier molecular flexibility index (Phi) is 6.71. The van der Waals surface area contributed by atoms with Gasteiger partial charge in [-0.1, -0.05) is 18.2 Å². The Labute approximate surface area is 97.5 Å². The van der Waals surface area contributed by atoms with Crippen LogP contribution in [0.25, 0.3) is 0 Å².